The fourth-order valence-corrected chi connectivity index (χ4v) is 2.97. The van der Waals surface area contributed by atoms with Crippen LogP contribution in [0.3, 0.4) is 0 Å². The number of rotatable bonds is 3. The van der Waals surface area contributed by atoms with Crippen molar-refractivity contribution >= 4 is 23.5 Å². The molecule has 0 heterocycles. The fourth-order valence-electron chi connectivity index (χ4n) is 1.42. The van der Waals surface area contributed by atoms with Crippen molar-refractivity contribution in [2.24, 2.45) is 0 Å². The van der Waals surface area contributed by atoms with Crippen LogP contribution in [0.2, 0.25) is 0 Å². The maximum atomic E-state index is 9.64. The second kappa shape index (κ2) is 4.49. The minimum atomic E-state index is 0.0306. The van der Waals surface area contributed by atoms with E-state index in [-0.39, 0.29) is 4.08 Å². The van der Waals surface area contributed by atoms with Crippen LogP contribution in [-0.2, 0) is 4.08 Å². The minimum Gasteiger partial charge on any atom is -0.508 e. The third-order valence-electron chi connectivity index (χ3n) is 2.57. The average molecular weight is 228 g/mol. The molecule has 0 spiro atoms. The standard InChI is InChI=1S/C11H16OS2/c1-8-9(6-5-7-10(8)12)11(2,13-3)14-4/h5-7,12H,1-4H3. The van der Waals surface area contributed by atoms with Crippen molar-refractivity contribution in [3.05, 3.63) is 29.3 Å². The fraction of sp³-hybridized carbons (Fsp3) is 0.455. The molecule has 0 aromatic heterocycles. The van der Waals surface area contributed by atoms with E-state index in [1.54, 1.807) is 29.6 Å². The minimum absolute atomic E-state index is 0.0306. The summed E-state index contributed by atoms with van der Waals surface area (Å²) in [5.74, 6) is 0.386. The van der Waals surface area contributed by atoms with Crippen LogP contribution in [0.1, 0.15) is 18.1 Å². The molecule has 0 unspecified atom stereocenters. The van der Waals surface area contributed by atoms with Gasteiger partial charge in [0.15, 0.2) is 0 Å². The van der Waals surface area contributed by atoms with Crippen LogP contribution in [0.4, 0.5) is 0 Å². The van der Waals surface area contributed by atoms with Crippen LogP contribution < -0.4 is 0 Å². The first-order valence-corrected chi connectivity index (χ1v) is 6.89. The van der Waals surface area contributed by atoms with Gasteiger partial charge in [-0.2, -0.15) is 0 Å². The maximum absolute atomic E-state index is 9.64. The highest BCUT2D eigenvalue weighted by molar-refractivity contribution is 8.16. The van der Waals surface area contributed by atoms with Crippen molar-refractivity contribution in [2.45, 2.75) is 17.9 Å². The number of hydrogen-bond acceptors (Lipinski definition) is 3. The third kappa shape index (κ3) is 2.04. The Bertz CT molecular complexity index is 319. The monoisotopic (exact) mass is 228 g/mol. The topological polar surface area (TPSA) is 20.2 Å². The molecule has 1 nitrogen and oxygen atoms in total. The van der Waals surface area contributed by atoms with Gasteiger partial charge in [-0.05, 0) is 43.6 Å². The molecule has 0 aliphatic rings. The van der Waals surface area contributed by atoms with Gasteiger partial charge in [-0.3, -0.25) is 0 Å². The molecule has 0 saturated heterocycles. The first-order chi connectivity index (χ1) is 6.55. The molecule has 1 N–H and O–H groups in total. The second-order valence-corrected chi connectivity index (χ2v) is 6.01. The molecule has 0 atom stereocenters. The zero-order valence-corrected chi connectivity index (χ0v) is 10.6. The molecule has 0 fully saturated rings. The molecular weight excluding hydrogens is 212 g/mol. The highest BCUT2D eigenvalue weighted by Crippen LogP contribution is 2.45. The van der Waals surface area contributed by atoms with Gasteiger partial charge in [0, 0.05) is 0 Å². The predicted molar refractivity (Wildman–Crippen MR) is 67.2 cm³/mol. The number of phenols is 1. The summed E-state index contributed by atoms with van der Waals surface area (Å²) in [6.45, 7) is 4.15. The lowest BCUT2D eigenvalue weighted by Crippen LogP contribution is -2.12. The van der Waals surface area contributed by atoms with Crippen molar-refractivity contribution < 1.29 is 5.11 Å². The lowest BCUT2D eigenvalue weighted by atomic mass is 10.1. The van der Waals surface area contributed by atoms with Gasteiger partial charge in [-0.25, -0.2) is 0 Å². The number of thioether (sulfide) groups is 2. The largest absolute Gasteiger partial charge is 0.508 e. The Morgan fingerprint density at radius 1 is 1.21 bits per heavy atom. The predicted octanol–water partition coefficient (Wildman–Crippen LogP) is 3.60. The Morgan fingerprint density at radius 2 is 1.79 bits per heavy atom. The van der Waals surface area contributed by atoms with Crippen molar-refractivity contribution in [2.75, 3.05) is 12.5 Å². The summed E-state index contributed by atoms with van der Waals surface area (Å²) in [4.78, 5) is 0. The number of benzene rings is 1. The summed E-state index contributed by atoms with van der Waals surface area (Å²) in [5.41, 5.74) is 2.19. The highest BCUT2D eigenvalue weighted by atomic mass is 32.2. The van der Waals surface area contributed by atoms with E-state index in [1.165, 1.54) is 5.56 Å². The van der Waals surface area contributed by atoms with Gasteiger partial charge >= 0.3 is 0 Å². The molecule has 0 aliphatic heterocycles. The molecule has 3 heteroatoms. The third-order valence-corrected chi connectivity index (χ3v) is 5.57. The first kappa shape index (κ1) is 11.8. The van der Waals surface area contributed by atoms with Crippen molar-refractivity contribution in [3.8, 4) is 5.75 Å². The number of hydrogen-bond donors (Lipinski definition) is 1. The van der Waals surface area contributed by atoms with Crippen LogP contribution in [0.15, 0.2) is 18.2 Å². The molecule has 14 heavy (non-hydrogen) atoms. The van der Waals surface area contributed by atoms with E-state index in [0.717, 1.165) is 5.56 Å². The van der Waals surface area contributed by atoms with Crippen molar-refractivity contribution in [1.29, 1.82) is 0 Å². The van der Waals surface area contributed by atoms with E-state index in [2.05, 4.69) is 25.5 Å². The van der Waals surface area contributed by atoms with Crippen LogP contribution >= 0.6 is 23.5 Å². The normalized spacial score (nSPS) is 11.7. The average Bonchev–Trinajstić information content (AvgIpc) is 2.21. The Labute approximate surface area is 94.3 Å². The lowest BCUT2D eigenvalue weighted by molar-refractivity contribution is 0.470. The summed E-state index contributed by atoms with van der Waals surface area (Å²) in [6, 6.07) is 5.73. The van der Waals surface area contributed by atoms with Gasteiger partial charge in [-0.1, -0.05) is 12.1 Å². The Morgan fingerprint density at radius 3 is 2.29 bits per heavy atom. The SMILES string of the molecule is CSC(C)(SC)c1cccc(O)c1C. The van der Waals surface area contributed by atoms with E-state index < -0.39 is 0 Å². The van der Waals surface area contributed by atoms with Crippen molar-refractivity contribution in [3.63, 3.8) is 0 Å². The quantitative estimate of drug-likeness (QED) is 0.798. The molecule has 0 radical (unpaired) electrons. The molecular formula is C11H16OS2. The molecule has 1 rings (SSSR count). The maximum Gasteiger partial charge on any atom is 0.118 e. The Hall–Kier alpha value is -0.280. The molecule has 1 aromatic rings. The molecule has 0 bridgehead atoms. The van der Waals surface area contributed by atoms with E-state index in [4.69, 9.17) is 0 Å². The van der Waals surface area contributed by atoms with Crippen LogP contribution in [0.25, 0.3) is 0 Å². The summed E-state index contributed by atoms with van der Waals surface area (Å²) >= 11 is 3.60. The zero-order valence-electron chi connectivity index (χ0n) is 9.00. The second-order valence-electron chi connectivity index (χ2n) is 3.30. The van der Waals surface area contributed by atoms with Crippen LogP contribution in [-0.4, -0.2) is 17.6 Å². The van der Waals surface area contributed by atoms with E-state index in [9.17, 15) is 5.11 Å². The Balaban J connectivity index is 3.24. The molecule has 0 aliphatic carbocycles. The summed E-state index contributed by atoms with van der Waals surface area (Å²) in [7, 11) is 0. The van der Waals surface area contributed by atoms with Crippen molar-refractivity contribution in [1.82, 2.24) is 0 Å². The molecule has 0 saturated carbocycles. The highest BCUT2D eigenvalue weighted by Gasteiger charge is 2.26. The first-order valence-electron chi connectivity index (χ1n) is 4.44. The van der Waals surface area contributed by atoms with Crippen LogP contribution in [0.5, 0.6) is 5.75 Å². The van der Waals surface area contributed by atoms with E-state index >= 15 is 0 Å². The molecule has 1 aromatic carbocycles. The van der Waals surface area contributed by atoms with Gasteiger partial charge in [0.05, 0.1) is 4.08 Å². The zero-order chi connectivity index (χ0) is 10.8. The van der Waals surface area contributed by atoms with Gasteiger partial charge in [-0.15, -0.1) is 23.5 Å². The van der Waals surface area contributed by atoms with E-state index in [0.29, 0.717) is 5.75 Å². The summed E-state index contributed by atoms with van der Waals surface area (Å²) in [5, 5.41) is 9.64. The van der Waals surface area contributed by atoms with E-state index in [1.807, 2.05) is 13.0 Å². The van der Waals surface area contributed by atoms with Crippen LogP contribution in [0, 0.1) is 6.92 Å². The molecule has 0 amide bonds. The van der Waals surface area contributed by atoms with Gasteiger partial charge in [0.25, 0.3) is 0 Å². The molecule has 78 valence electrons. The Kier molecular flexibility index (Phi) is 3.78. The summed E-state index contributed by atoms with van der Waals surface area (Å²) in [6.07, 6.45) is 4.19. The smallest absolute Gasteiger partial charge is 0.118 e. The number of aromatic hydroxyl groups is 1. The summed E-state index contributed by atoms with van der Waals surface area (Å²) < 4.78 is 0.0306. The number of phenolic OH excluding ortho intramolecular Hbond substituents is 1. The van der Waals surface area contributed by atoms with Gasteiger partial charge < -0.3 is 5.11 Å². The lowest BCUT2D eigenvalue weighted by Gasteiger charge is -2.27. The van der Waals surface area contributed by atoms with Gasteiger partial charge in [0.1, 0.15) is 5.75 Å². The van der Waals surface area contributed by atoms with Gasteiger partial charge in [0.2, 0.25) is 0 Å².